The average Bonchev–Trinajstić information content (AvgIpc) is 2.88. The van der Waals surface area contributed by atoms with Gasteiger partial charge < -0.3 is 14.8 Å². The molecule has 168 valence electrons. The van der Waals surface area contributed by atoms with Crippen molar-refractivity contribution in [2.24, 2.45) is 5.10 Å². The number of ether oxygens (including phenoxy) is 2. The van der Waals surface area contributed by atoms with E-state index >= 15 is 0 Å². The van der Waals surface area contributed by atoms with E-state index in [-0.39, 0.29) is 11.7 Å². The molecule has 0 spiro atoms. The van der Waals surface area contributed by atoms with Gasteiger partial charge in [0.1, 0.15) is 0 Å². The molecular formula is C24H23N5O4. The van der Waals surface area contributed by atoms with Crippen LogP contribution in [0.25, 0.3) is 0 Å². The van der Waals surface area contributed by atoms with Crippen LogP contribution in [0.3, 0.4) is 0 Å². The van der Waals surface area contributed by atoms with Crippen molar-refractivity contribution in [1.82, 2.24) is 15.0 Å². The SMILES string of the molecule is COc1ccc(C2=NN(C(=O)c3ccccc3NC(=O)c3ncccn3)CCC2)cc1OC. The molecule has 0 aliphatic carbocycles. The first-order chi connectivity index (χ1) is 16.1. The number of rotatable bonds is 6. The molecule has 1 N–H and O–H groups in total. The Bertz CT molecular complexity index is 1200. The third-order valence-corrected chi connectivity index (χ3v) is 5.15. The quantitative estimate of drug-likeness (QED) is 0.623. The topological polar surface area (TPSA) is 106 Å². The van der Waals surface area contributed by atoms with Gasteiger partial charge in [0.05, 0.1) is 31.2 Å². The third-order valence-electron chi connectivity index (χ3n) is 5.15. The number of para-hydroxylation sites is 1. The summed E-state index contributed by atoms with van der Waals surface area (Å²) in [6, 6.07) is 14.0. The molecule has 0 saturated carbocycles. The highest BCUT2D eigenvalue weighted by Gasteiger charge is 2.24. The number of amides is 2. The predicted molar refractivity (Wildman–Crippen MR) is 123 cm³/mol. The standard InChI is InChI=1S/C24H23N5O4/c1-32-20-11-10-16(15-21(20)33-2)18-9-5-14-29(28-18)24(31)17-7-3-4-8-19(17)27-23(30)22-25-12-6-13-26-22/h3-4,6-8,10-13,15H,5,9,14H2,1-2H3,(H,27,30). The van der Waals surface area contributed by atoms with E-state index in [1.807, 2.05) is 18.2 Å². The Morgan fingerprint density at radius 2 is 1.73 bits per heavy atom. The van der Waals surface area contributed by atoms with Crippen molar-refractivity contribution in [3.05, 3.63) is 77.9 Å². The molecular weight excluding hydrogens is 422 g/mol. The van der Waals surface area contributed by atoms with Gasteiger partial charge in [-0.25, -0.2) is 15.0 Å². The summed E-state index contributed by atoms with van der Waals surface area (Å²) in [6.07, 6.45) is 4.45. The van der Waals surface area contributed by atoms with Gasteiger partial charge in [0.15, 0.2) is 11.5 Å². The van der Waals surface area contributed by atoms with Crippen LogP contribution in [-0.4, -0.2) is 53.3 Å². The molecule has 9 heteroatoms. The summed E-state index contributed by atoms with van der Waals surface area (Å²) >= 11 is 0. The first-order valence-corrected chi connectivity index (χ1v) is 10.4. The summed E-state index contributed by atoms with van der Waals surface area (Å²) in [6.45, 7) is 0.472. The smallest absolute Gasteiger partial charge is 0.293 e. The molecule has 2 amide bonds. The van der Waals surface area contributed by atoms with Gasteiger partial charge in [-0.3, -0.25) is 9.59 Å². The fourth-order valence-electron chi connectivity index (χ4n) is 3.52. The second-order valence-corrected chi connectivity index (χ2v) is 7.22. The van der Waals surface area contributed by atoms with Gasteiger partial charge in [0.25, 0.3) is 11.8 Å². The summed E-state index contributed by atoms with van der Waals surface area (Å²) in [5.41, 5.74) is 2.33. The normalized spacial score (nSPS) is 13.2. The molecule has 0 unspecified atom stereocenters. The number of hydrogen-bond acceptors (Lipinski definition) is 7. The molecule has 9 nitrogen and oxygen atoms in total. The summed E-state index contributed by atoms with van der Waals surface area (Å²) in [4.78, 5) is 33.7. The Kier molecular flexibility index (Phi) is 6.58. The minimum Gasteiger partial charge on any atom is -0.493 e. The van der Waals surface area contributed by atoms with Gasteiger partial charge in [-0.05, 0) is 49.2 Å². The lowest BCUT2D eigenvalue weighted by Gasteiger charge is -2.25. The van der Waals surface area contributed by atoms with Crippen LogP contribution in [0, 0.1) is 0 Å². The number of nitrogens with zero attached hydrogens (tertiary/aromatic N) is 4. The van der Waals surface area contributed by atoms with E-state index in [0.717, 1.165) is 24.1 Å². The predicted octanol–water partition coefficient (Wildman–Crippen LogP) is 3.39. The fraction of sp³-hybridized carbons (Fsp3) is 0.208. The van der Waals surface area contributed by atoms with Gasteiger partial charge >= 0.3 is 0 Å². The number of anilines is 1. The molecule has 0 bridgehead atoms. The van der Waals surface area contributed by atoms with Crippen molar-refractivity contribution in [2.75, 3.05) is 26.1 Å². The largest absolute Gasteiger partial charge is 0.493 e. The zero-order chi connectivity index (χ0) is 23.2. The van der Waals surface area contributed by atoms with Crippen LogP contribution in [-0.2, 0) is 0 Å². The number of nitrogens with one attached hydrogen (secondary N) is 1. The maximum Gasteiger partial charge on any atom is 0.293 e. The van der Waals surface area contributed by atoms with Crippen LogP contribution >= 0.6 is 0 Å². The van der Waals surface area contributed by atoms with Crippen LogP contribution < -0.4 is 14.8 Å². The van der Waals surface area contributed by atoms with E-state index < -0.39 is 5.91 Å². The van der Waals surface area contributed by atoms with E-state index in [1.54, 1.807) is 44.6 Å². The van der Waals surface area contributed by atoms with Crippen LogP contribution in [0.1, 0.15) is 39.4 Å². The van der Waals surface area contributed by atoms with Crippen molar-refractivity contribution >= 4 is 23.2 Å². The van der Waals surface area contributed by atoms with Crippen molar-refractivity contribution in [3.8, 4) is 11.5 Å². The first-order valence-electron chi connectivity index (χ1n) is 10.4. The van der Waals surface area contributed by atoms with Gasteiger partial charge in [-0.2, -0.15) is 5.10 Å². The van der Waals surface area contributed by atoms with Crippen molar-refractivity contribution < 1.29 is 19.1 Å². The molecule has 0 saturated heterocycles. The molecule has 1 aliphatic heterocycles. The number of carbonyl (C=O) groups is 2. The van der Waals surface area contributed by atoms with E-state index in [1.165, 1.54) is 17.4 Å². The molecule has 0 fully saturated rings. The number of benzene rings is 2. The zero-order valence-corrected chi connectivity index (χ0v) is 18.3. The van der Waals surface area contributed by atoms with Crippen molar-refractivity contribution in [3.63, 3.8) is 0 Å². The minimum atomic E-state index is -0.496. The summed E-state index contributed by atoms with van der Waals surface area (Å²) < 4.78 is 10.7. The second kappa shape index (κ2) is 9.90. The van der Waals surface area contributed by atoms with Crippen LogP contribution in [0.5, 0.6) is 11.5 Å². The van der Waals surface area contributed by atoms with Gasteiger partial charge in [0.2, 0.25) is 5.82 Å². The number of hydrazone groups is 1. The van der Waals surface area contributed by atoms with Crippen molar-refractivity contribution in [1.29, 1.82) is 0 Å². The fourth-order valence-corrected chi connectivity index (χ4v) is 3.52. The first kappa shape index (κ1) is 21.9. The molecule has 2 aromatic carbocycles. The molecule has 4 rings (SSSR count). The number of hydrogen-bond donors (Lipinski definition) is 1. The van der Waals surface area contributed by atoms with E-state index in [9.17, 15) is 9.59 Å². The number of methoxy groups -OCH3 is 2. The summed E-state index contributed by atoms with van der Waals surface area (Å²) in [5.74, 6) is 0.433. The van der Waals surface area contributed by atoms with Crippen molar-refractivity contribution in [2.45, 2.75) is 12.8 Å². The Labute approximate surface area is 191 Å². The highest BCUT2D eigenvalue weighted by atomic mass is 16.5. The Balaban J connectivity index is 1.59. The Morgan fingerprint density at radius 1 is 0.970 bits per heavy atom. The molecule has 2 heterocycles. The maximum absolute atomic E-state index is 13.3. The maximum atomic E-state index is 13.3. The molecule has 0 radical (unpaired) electrons. The summed E-state index contributed by atoms with van der Waals surface area (Å²) in [5, 5.41) is 8.76. The van der Waals surface area contributed by atoms with Crippen LogP contribution in [0.15, 0.2) is 66.0 Å². The molecule has 33 heavy (non-hydrogen) atoms. The molecule has 3 aromatic rings. The van der Waals surface area contributed by atoms with Gasteiger partial charge in [0, 0.05) is 24.5 Å². The average molecular weight is 445 g/mol. The zero-order valence-electron chi connectivity index (χ0n) is 18.3. The molecule has 1 aromatic heterocycles. The molecule has 1 aliphatic rings. The van der Waals surface area contributed by atoms with Gasteiger partial charge in [-0.15, -0.1) is 0 Å². The highest BCUT2D eigenvalue weighted by molar-refractivity contribution is 6.08. The molecule has 0 atom stereocenters. The third kappa shape index (κ3) is 4.82. The number of carbonyl (C=O) groups excluding carboxylic acids is 2. The van der Waals surface area contributed by atoms with Gasteiger partial charge in [-0.1, -0.05) is 12.1 Å². The van der Waals surface area contributed by atoms with Crippen LogP contribution in [0.2, 0.25) is 0 Å². The monoisotopic (exact) mass is 445 g/mol. The Hall–Kier alpha value is -4.27. The lowest BCUT2D eigenvalue weighted by Crippen LogP contribution is -2.33. The lowest BCUT2D eigenvalue weighted by molar-refractivity contribution is 0.0752. The number of aromatic nitrogens is 2. The minimum absolute atomic E-state index is 0.0199. The lowest BCUT2D eigenvalue weighted by atomic mass is 10.0. The van der Waals surface area contributed by atoms with E-state index in [4.69, 9.17) is 9.47 Å². The highest BCUT2D eigenvalue weighted by Crippen LogP contribution is 2.29. The summed E-state index contributed by atoms with van der Waals surface area (Å²) in [7, 11) is 3.15. The van der Waals surface area contributed by atoms with Crippen LogP contribution in [0.4, 0.5) is 5.69 Å². The Morgan fingerprint density at radius 3 is 2.48 bits per heavy atom. The van der Waals surface area contributed by atoms with E-state index in [0.29, 0.717) is 29.3 Å². The van der Waals surface area contributed by atoms with E-state index in [2.05, 4.69) is 20.4 Å². The second-order valence-electron chi connectivity index (χ2n) is 7.22.